The van der Waals surface area contributed by atoms with Gasteiger partial charge in [0, 0.05) is 43.1 Å². The van der Waals surface area contributed by atoms with Crippen LogP contribution in [0.1, 0.15) is 11.1 Å². The molecular formula is C24H26N2O5. The number of aromatic hydroxyl groups is 2. The van der Waals surface area contributed by atoms with Crippen LogP contribution < -0.4 is 9.47 Å². The van der Waals surface area contributed by atoms with Crippen molar-refractivity contribution in [3.63, 3.8) is 0 Å². The minimum Gasteiger partial charge on any atom is -0.507 e. The number of methoxy groups -OCH3 is 2. The molecular weight excluding hydrogens is 396 g/mol. The Kier molecular flexibility index (Phi) is 6.55. The zero-order valence-electron chi connectivity index (χ0n) is 17.9. The Morgan fingerprint density at radius 2 is 1.42 bits per heavy atom. The first-order valence-corrected chi connectivity index (χ1v) is 9.66. The average molecular weight is 422 g/mol. The molecule has 2 aromatic carbocycles. The van der Waals surface area contributed by atoms with Crippen LogP contribution in [0.2, 0.25) is 0 Å². The number of hydrogen-bond acceptors (Lipinski definition) is 5. The summed E-state index contributed by atoms with van der Waals surface area (Å²) in [6.07, 6.45) is 9.05. The molecule has 2 aromatic rings. The Balaban J connectivity index is 1.86. The minimum atomic E-state index is -0.311. The maximum Gasteiger partial charge on any atom is 0.324 e. The van der Waals surface area contributed by atoms with Crippen molar-refractivity contribution >= 4 is 18.2 Å². The highest BCUT2D eigenvalue weighted by Crippen LogP contribution is 2.28. The van der Waals surface area contributed by atoms with Gasteiger partial charge in [-0.05, 0) is 42.5 Å². The molecule has 162 valence electrons. The van der Waals surface area contributed by atoms with Gasteiger partial charge in [-0.1, -0.05) is 12.2 Å². The van der Waals surface area contributed by atoms with Gasteiger partial charge in [-0.25, -0.2) is 4.79 Å². The number of ether oxygens (including phenoxy) is 2. The quantitative estimate of drug-likeness (QED) is 0.733. The molecule has 7 nitrogen and oxygen atoms in total. The zero-order valence-corrected chi connectivity index (χ0v) is 17.9. The summed E-state index contributed by atoms with van der Waals surface area (Å²) in [4.78, 5) is 15.8. The number of nitrogens with zero attached hydrogens (tertiary/aromatic N) is 2. The second-order valence-corrected chi connectivity index (χ2v) is 7.08. The fraction of sp³-hybridized carbons (Fsp3) is 0.208. The average Bonchev–Trinajstić information content (AvgIpc) is 2.77. The number of urea groups is 1. The summed E-state index contributed by atoms with van der Waals surface area (Å²) in [5.41, 5.74) is 1.91. The summed E-state index contributed by atoms with van der Waals surface area (Å²) in [6, 6.07) is 9.59. The van der Waals surface area contributed by atoms with Crippen LogP contribution >= 0.6 is 0 Å². The first-order chi connectivity index (χ1) is 14.8. The van der Waals surface area contributed by atoms with Gasteiger partial charge >= 0.3 is 6.03 Å². The van der Waals surface area contributed by atoms with Crippen LogP contribution in [0.4, 0.5) is 4.79 Å². The number of amides is 2. The number of phenolic OH excluding ortho intramolecular Hbond substituents is 2. The second kappa shape index (κ2) is 9.30. The molecule has 0 saturated heterocycles. The predicted octanol–water partition coefficient (Wildman–Crippen LogP) is 4.09. The van der Waals surface area contributed by atoms with Crippen molar-refractivity contribution in [1.29, 1.82) is 0 Å². The number of benzene rings is 2. The molecule has 3 rings (SSSR count). The summed E-state index contributed by atoms with van der Waals surface area (Å²) in [6.45, 7) is 0. The largest absolute Gasteiger partial charge is 0.507 e. The van der Waals surface area contributed by atoms with Crippen molar-refractivity contribution in [2.24, 2.45) is 0 Å². The number of rotatable bonds is 6. The SMILES string of the molecule is COc1ccc(/C=C/C2=CC(/C=C/c3ccc(OC)cc3O)N(C)C(=O)N2C)c(O)c1. The van der Waals surface area contributed by atoms with E-state index in [1.165, 1.54) is 31.3 Å². The number of carbonyl (C=O) groups is 1. The summed E-state index contributed by atoms with van der Waals surface area (Å²) in [5, 5.41) is 20.3. The first kappa shape index (κ1) is 21.8. The molecule has 1 unspecified atom stereocenters. The Hall–Kier alpha value is -3.87. The molecule has 0 saturated carbocycles. The van der Waals surface area contributed by atoms with Crippen LogP contribution in [0.3, 0.4) is 0 Å². The van der Waals surface area contributed by atoms with Gasteiger partial charge in [0.25, 0.3) is 0 Å². The minimum absolute atomic E-state index is 0.0875. The van der Waals surface area contributed by atoms with Gasteiger partial charge in [-0.15, -0.1) is 0 Å². The normalized spacial score (nSPS) is 16.8. The number of allylic oxidation sites excluding steroid dienone is 1. The predicted molar refractivity (Wildman–Crippen MR) is 120 cm³/mol. The molecule has 0 aromatic heterocycles. The van der Waals surface area contributed by atoms with E-state index >= 15 is 0 Å². The molecule has 0 aliphatic carbocycles. The third kappa shape index (κ3) is 4.83. The Bertz CT molecular complexity index is 1060. The molecule has 7 heteroatoms. The van der Waals surface area contributed by atoms with Gasteiger partial charge in [0.2, 0.25) is 0 Å². The molecule has 1 heterocycles. The van der Waals surface area contributed by atoms with Gasteiger partial charge in [0.05, 0.1) is 20.3 Å². The standard InChI is InChI=1S/C24H26N2O5/c1-25-18(9-5-16-7-11-20(30-3)14-22(16)27)13-19(26(2)24(25)29)10-6-17-8-12-21(31-4)15-23(17)28/h5-15,18,27-28H,1-4H3/b9-5+,10-6+. The molecule has 1 aliphatic rings. The van der Waals surface area contributed by atoms with Gasteiger partial charge in [-0.2, -0.15) is 0 Å². The van der Waals surface area contributed by atoms with Gasteiger partial charge in [0.1, 0.15) is 23.0 Å². The molecule has 0 fully saturated rings. The van der Waals surface area contributed by atoms with Crippen LogP contribution in [0.5, 0.6) is 23.0 Å². The molecule has 0 radical (unpaired) electrons. The van der Waals surface area contributed by atoms with Gasteiger partial charge in [0.15, 0.2) is 0 Å². The van der Waals surface area contributed by atoms with Crippen molar-refractivity contribution < 1.29 is 24.5 Å². The molecule has 1 atom stereocenters. The maximum atomic E-state index is 12.7. The maximum absolute atomic E-state index is 12.7. The van der Waals surface area contributed by atoms with Gasteiger partial charge in [-0.3, -0.25) is 4.90 Å². The molecule has 2 amide bonds. The van der Waals surface area contributed by atoms with E-state index in [2.05, 4.69) is 0 Å². The van der Waals surface area contributed by atoms with E-state index in [0.717, 1.165) is 0 Å². The van der Waals surface area contributed by atoms with E-state index in [1.54, 1.807) is 61.5 Å². The van der Waals surface area contributed by atoms with Crippen LogP contribution in [-0.2, 0) is 0 Å². The fourth-order valence-electron chi connectivity index (χ4n) is 3.19. The Labute approximate surface area is 181 Å². The van der Waals surface area contributed by atoms with Crippen LogP contribution in [-0.4, -0.2) is 60.4 Å². The van der Waals surface area contributed by atoms with Crippen LogP contribution in [0.15, 0.2) is 60.3 Å². The van der Waals surface area contributed by atoms with Crippen molar-refractivity contribution in [3.05, 3.63) is 71.5 Å². The fourth-order valence-corrected chi connectivity index (χ4v) is 3.19. The van der Waals surface area contributed by atoms with Crippen molar-refractivity contribution in [2.75, 3.05) is 28.3 Å². The summed E-state index contributed by atoms with van der Waals surface area (Å²) in [5.74, 6) is 1.31. The highest BCUT2D eigenvalue weighted by atomic mass is 16.5. The van der Waals surface area contributed by atoms with E-state index in [4.69, 9.17) is 9.47 Å². The van der Waals surface area contributed by atoms with Crippen molar-refractivity contribution in [1.82, 2.24) is 9.80 Å². The van der Waals surface area contributed by atoms with E-state index in [1.807, 2.05) is 12.2 Å². The lowest BCUT2D eigenvalue weighted by Gasteiger charge is -2.34. The third-order valence-electron chi connectivity index (χ3n) is 5.15. The lowest BCUT2D eigenvalue weighted by Crippen LogP contribution is -2.46. The summed E-state index contributed by atoms with van der Waals surface area (Å²) >= 11 is 0. The smallest absolute Gasteiger partial charge is 0.324 e. The van der Waals surface area contributed by atoms with Crippen molar-refractivity contribution in [3.8, 4) is 23.0 Å². The lowest BCUT2D eigenvalue weighted by atomic mass is 10.1. The third-order valence-corrected chi connectivity index (χ3v) is 5.15. The summed E-state index contributed by atoms with van der Waals surface area (Å²) < 4.78 is 10.2. The zero-order chi connectivity index (χ0) is 22.5. The summed E-state index contributed by atoms with van der Waals surface area (Å²) in [7, 11) is 6.48. The highest BCUT2D eigenvalue weighted by Gasteiger charge is 2.26. The number of hydrogen-bond donors (Lipinski definition) is 2. The molecule has 31 heavy (non-hydrogen) atoms. The Morgan fingerprint density at radius 3 is 1.94 bits per heavy atom. The van der Waals surface area contributed by atoms with E-state index in [9.17, 15) is 15.0 Å². The number of carbonyl (C=O) groups excluding carboxylic acids is 1. The number of phenols is 2. The molecule has 0 bridgehead atoms. The molecule has 2 N–H and O–H groups in total. The van der Waals surface area contributed by atoms with E-state index < -0.39 is 0 Å². The van der Waals surface area contributed by atoms with Crippen LogP contribution in [0, 0.1) is 0 Å². The van der Waals surface area contributed by atoms with E-state index in [0.29, 0.717) is 28.3 Å². The van der Waals surface area contributed by atoms with Gasteiger partial charge < -0.3 is 24.6 Å². The first-order valence-electron chi connectivity index (χ1n) is 9.66. The highest BCUT2D eigenvalue weighted by molar-refractivity contribution is 5.80. The topological polar surface area (TPSA) is 82.5 Å². The monoisotopic (exact) mass is 422 g/mol. The van der Waals surface area contributed by atoms with Crippen LogP contribution in [0.25, 0.3) is 12.2 Å². The molecule has 0 spiro atoms. The second-order valence-electron chi connectivity index (χ2n) is 7.08. The Morgan fingerprint density at radius 1 is 0.871 bits per heavy atom. The number of likely N-dealkylation sites (N-methyl/N-ethyl adjacent to an activating group) is 2. The lowest BCUT2D eigenvalue weighted by molar-refractivity contribution is 0.175. The van der Waals surface area contributed by atoms with Crippen molar-refractivity contribution in [2.45, 2.75) is 6.04 Å². The molecule has 1 aliphatic heterocycles. The van der Waals surface area contributed by atoms with E-state index in [-0.39, 0.29) is 23.6 Å².